The quantitative estimate of drug-likeness (QED) is 0.0629. The zero-order valence-electron chi connectivity index (χ0n) is 27.5. The van der Waals surface area contributed by atoms with Crippen molar-refractivity contribution in [2.45, 2.75) is 142 Å². The maximum atomic E-state index is 12.9. The van der Waals surface area contributed by atoms with Crippen molar-refractivity contribution in [3.05, 3.63) is 35.9 Å². The number of rotatable bonds is 26. The lowest BCUT2D eigenvalue weighted by Gasteiger charge is -2.51. The smallest absolute Gasteiger partial charge is 0.379 e. The number of benzene rings is 1. The van der Waals surface area contributed by atoms with E-state index < -0.39 is 13.9 Å². The summed E-state index contributed by atoms with van der Waals surface area (Å²) in [6.45, 7) is 8.57. The third-order valence-electron chi connectivity index (χ3n) is 9.70. The van der Waals surface area contributed by atoms with E-state index >= 15 is 0 Å². The van der Waals surface area contributed by atoms with Gasteiger partial charge in [-0.2, -0.15) is 0 Å². The van der Waals surface area contributed by atoms with Crippen LogP contribution in [0.15, 0.2) is 30.3 Å². The lowest BCUT2D eigenvalue weighted by atomic mass is 9.85. The van der Waals surface area contributed by atoms with Crippen molar-refractivity contribution in [1.29, 1.82) is 0 Å². The summed E-state index contributed by atoms with van der Waals surface area (Å²) >= 11 is 0. The Bertz CT molecular complexity index is 865. The lowest BCUT2D eigenvalue weighted by Crippen LogP contribution is -2.62. The molecule has 7 nitrogen and oxygen atoms in total. The summed E-state index contributed by atoms with van der Waals surface area (Å²) in [7, 11) is -4.23. The summed E-state index contributed by atoms with van der Waals surface area (Å²) in [5.74, 6) is 0.816. The molecular formula is C35H63NO6P+. The fraction of sp³-hybridized carbons (Fsp3) is 0.829. The number of ether oxygens (including phenoxy) is 2. The highest BCUT2D eigenvalue weighted by molar-refractivity contribution is 7.47. The minimum Gasteiger partial charge on any atom is -0.379 e. The highest BCUT2D eigenvalue weighted by Crippen LogP contribution is 2.48. The van der Waals surface area contributed by atoms with Crippen LogP contribution in [-0.2, 0) is 29.7 Å². The van der Waals surface area contributed by atoms with Gasteiger partial charge < -0.3 is 14.4 Å². The molecule has 248 valence electrons. The first-order valence-electron chi connectivity index (χ1n) is 17.7. The van der Waals surface area contributed by atoms with Gasteiger partial charge in [-0.3, -0.25) is 9.01 Å². The molecule has 1 aromatic rings. The molecule has 1 N–H and O–H groups in total. The Morgan fingerprint density at radius 1 is 0.814 bits per heavy atom. The molecule has 1 aromatic carbocycles. The zero-order chi connectivity index (χ0) is 30.6. The lowest BCUT2D eigenvalue weighted by molar-refractivity contribution is -0.979. The van der Waals surface area contributed by atoms with Crippen molar-refractivity contribution in [2.75, 3.05) is 39.5 Å². The van der Waals surface area contributed by atoms with Crippen LogP contribution in [0.5, 0.6) is 0 Å². The molecule has 0 aromatic heterocycles. The van der Waals surface area contributed by atoms with Gasteiger partial charge >= 0.3 is 7.82 Å². The van der Waals surface area contributed by atoms with E-state index in [1.807, 2.05) is 37.3 Å². The zero-order valence-corrected chi connectivity index (χ0v) is 28.4. The molecule has 8 heteroatoms. The van der Waals surface area contributed by atoms with Gasteiger partial charge in [0.15, 0.2) is 0 Å². The van der Waals surface area contributed by atoms with Crippen LogP contribution < -0.4 is 0 Å². The second kappa shape index (κ2) is 21.1. The van der Waals surface area contributed by atoms with Gasteiger partial charge in [-0.05, 0) is 37.2 Å². The number of phosphoric ester groups is 1. The maximum Gasteiger partial charge on any atom is 0.476 e. The van der Waals surface area contributed by atoms with Gasteiger partial charge in [-0.15, -0.1) is 0 Å². The van der Waals surface area contributed by atoms with Gasteiger partial charge in [0.2, 0.25) is 6.23 Å². The van der Waals surface area contributed by atoms with Crippen molar-refractivity contribution >= 4 is 7.82 Å². The number of phosphoric acid groups is 1. The van der Waals surface area contributed by atoms with Crippen molar-refractivity contribution in [3.8, 4) is 0 Å². The number of piperidine rings is 3. The molecular weight excluding hydrogens is 561 g/mol. The number of hydrogen-bond donors (Lipinski definition) is 1. The second-order valence-electron chi connectivity index (χ2n) is 13.2. The standard InChI is InChI=1S/C35H62NO6P/c1-3-4-5-6-7-8-9-10-11-12-13-14-15-19-28-39-30-35(40-29-34-20-17-16-18-21-34)31-41-43(37,38)42-32(2)36-25-22-33(23-26-36)24-27-36/h16-18,20-21,32-33,35H,3-15,19,22-31H2,1-2H3/p+1. The van der Waals surface area contributed by atoms with Crippen molar-refractivity contribution in [3.63, 3.8) is 0 Å². The van der Waals surface area contributed by atoms with E-state index in [4.69, 9.17) is 18.5 Å². The molecule has 3 saturated heterocycles. The van der Waals surface area contributed by atoms with Crippen molar-refractivity contribution in [2.24, 2.45) is 5.92 Å². The largest absolute Gasteiger partial charge is 0.476 e. The average molecular weight is 625 g/mol. The molecule has 3 aliphatic rings. The van der Waals surface area contributed by atoms with Gasteiger partial charge in [0, 0.05) is 13.5 Å². The van der Waals surface area contributed by atoms with E-state index in [9.17, 15) is 9.46 Å². The number of fused-ring (bicyclic) bond motifs is 3. The molecule has 0 aliphatic carbocycles. The molecule has 3 heterocycles. The van der Waals surface area contributed by atoms with E-state index in [0.29, 0.717) is 19.8 Å². The molecule has 0 saturated carbocycles. The van der Waals surface area contributed by atoms with Crippen LogP contribution in [0.25, 0.3) is 0 Å². The van der Waals surface area contributed by atoms with Gasteiger partial charge in [-0.25, -0.2) is 9.09 Å². The number of nitrogens with zero attached hydrogens (tertiary/aromatic N) is 1. The normalized spacial score (nSPS) is 22.8. The first kappa shape index (κ1) is 36.7. The molecule has 3 fully saturated rings. The summed E-state index contributed by atoms with van der Waals surface area (Å²) in [5.41, 5.74) is 1.04. The Balaban J connectivity index is 1.28. The molecule has 43 heavy (non-hydrogen) atoms. The van der Waals surface area contributed by atoms with E-state index in [1.165, 1.54) is 103 Å². The Kier molecular flexibility index (Phi) is 18.0. The Hall–Kier alpha value is -0.790. The molecule has 3 unspecified atom stereocenters. The van der Waals surface area contributed by atoms with E-state index in [1.54, 1.807) is 0 Å². The first-order chi connectivity index (χ1) is 20.9. The average Bonchev–Trinajstić information content (AvgIpc) is 3.03. The Morgan fingerprint density at radius 2 is 1.35 bits per heavy atom. The summed E-state index contributed by atoms with van der Waals surface area (Å²) in [6, 6.07) is 9.94. The topological polar surface area (TPSA) is 74.2 Å². The fourth-order valence-corrected chi connectivity index (χ4v) is 7.68. The summed E-state index contributed by atoms with van der Waals surface area (Å²) in [4.78, 5) is 10.6. The van der Waals surface area contributed by atoms with E-state index in [0.717, 1.165) is 42.0 Å². The van der Waals surface area contributed by atoms with Gasteiger partial charge in [0.25, 0.3) is 0 Å². The maximum absolute atomic E-state index is 12.9. The minimum atomic E-state index is -4.23. The van der Waals surface area contributed by atoms with Gasteiger partial charge in [0.05, 0.1) is 39.5 Å². The molecule has 3 aliphatic heterocycles. The highest BCUT2D eigenvalue weighted by atomic mass is 31.2. The Morgan fingerprint density at radius 3 is 1.91 bits per heavy atom. The molecule has 0 amide bonds. The highest BCUT2D eigenvalue weighted by Gasteiger charge is 2.46. The number of quaternary nitrogens is 1. The molecule has 4 rings (SSSR count). The van der Waals surface area contributed by atoms with Crippen LogP contribution in [0.3, 0.4) is 0 Å². The molecule has 0 spiro atoms. The summed E-state index contributed by atoms with van der Waals surface area (Å²) in [6.07, 6.45) is 21.3. The summed E-state index contributed by atoms with van der Waals surface area (Å²) < 4.78 is 36.9. The van der Waals surface area contributed by atoms with Gasteiger partial charge in [-0.1, -0.05) is 121 Å². The third kappa shape index (κ3) is 14.9. The molecule has 2 bridgehead atoms. The van der Waals surface area contributed by atoms with Crippen LogP contribution >= 0.6 is 7.82 Å². The summed E-state index contributed by atoms with van der Waals surface area (Å²) in [5, 5.41) is 0. The van der Waals surface area contributed by atoms with Crippen molar-refractivity contribution in [1.82, 2.24) is 0 Å². The fourth-order valence-electron chi connectivity index (χ4n) is 6.68. The van der Waals surface area contributed by atoms with Crippen molar-refractivity contribution < 1.29 is 32.5 Å². The Labute approximate surface area is 263 Å². The van der Waals surface area contributed by atoms with Gasteiger partial charge in [0.1, 0.15) is 6.10 Å². The SMILES string of the molecule is CCCCCCCCCCCCCCCCOCC(COP(=O)(O)OC(C)[N+]12CCC(CC1)CC2)OCc1ccccc1. The molecule has 0 radical (unpaired) electrons. The van der Waals surface area contributed by atoms with E-state index in [-0.39, 0.29) is 12.8 Å². The van der Waals surface area contributed by atoms with Crippen LogP contribution in [0.4, 0.5) is 0 Å². The van der Waals surface area contributed by atoms with E-state index in [2.05, 4.69) is 6.92 Å². The number of hydrogen-bond acceptors (Lipinski definition) is 5. The second-order valence-corrected chi connectivity index (χ2v) is 14.6. The van der Waals surface area contributed by atoms with Crippen LogP contribution in [0.2, 0.25) is 0 Å². The third-order valence-corrected chi connectivity index (χ3v) is 10.8. The van der Waals surface area contributed by atoms with Crippen LogP contribution in [0.1, 0.15) is 129 Å². The van der Waals surface area contributed by atoms with Crippen LogP contribution in [0, 0.1) is 5.92 Å². The predicted octanol–water partition coefficient (Wildman–Crippen LogP) is 9.18. The molecule has 3 atom stereocenters. The monoisotopic (exact) mass is 624 g/mol. The first-order valence-corrected chi connectivity index (χ1v) is 19.2. The van der Waals surface area contributed by atoms with Crippen LogP contribution in [-0.4, -0.2) is 61.2 Å². The minimum absolute atomic E-state index is 0.0475. The number of unbranched alkanes of at least 4 members (excludes halogenated alkanes) is 13. The predicted molar refractivity (Wildman–Crippen MR) is 175 cm³/mol.